The minimum Gasteiger partial charge on any atom is -0.463 e. The molecule has 0 heterocycles. The number of rotatable bonds is 11. The first-order valence-electron chi connectivity index (χ1n) is 9.37. The van der Waals surface area contributed by atoms with Crippen LogP contribution >= 0.6 is 0 Å². The molecule has 0 aliphatic heterocycles. The monoisotopic (exact) mass is 386 g/mol. The van der Waals surface area contributed by atoms with E-state index in [0.717, 1.165) is 24.9 Å². The number of ether oxygens (including phenoxy) is 2. The third-order valence-corrected chi connectivity index (χ3v) is 7.46. The van der Waals surface area contributed by atoms with Gasteiger partial charge in [0.25, 0.3) is 0 Å². The summed E-state index contributed by atoms with van der Waals surface area (Å²) in [5, 5.41) is 0. The van der Waals surface area contributed by atoms with E-state index >= 15 is 0 Å². The van der Waals surface area contributed by atoms with Crippen LogP contribution in [-0.4, -0.2) is 41.3 Å². The molecule has 0 aliphatic carbocycles. The maximum atomic E-state index is 12.2. The number of hydrogen-bond donors (Lipinski definition) is 0. The molecule has 0 atom stereocenters. The summed E-state index contributed by atoms with van der Waals surface area (Å²) in [6, 6.07) is 2.25. The highest BCUT2D eigenvalue weighted by Crippen LogP contribution is 2.15. The second-order valence-electron chi connectivity index (χ2n) is 9.39. The average molecular weight is 387 g/mol. The van der Waals surface area contributed by atoms with Crippen LogP contribution in [0.4, 0.5) is 0 Å². The molecule has 0 aromatic heterocycles. The number of carbonyl (C=O) groups excluding carboxylic acids is 2. The molecule has 0 aromatic carbocycles. The molecule has 0 radical (unpaired) electrons. The Hall–Kier alpha value is -0.886. The van der Waals surface area contributed by atoms with E-state index in [1.807, 2.05) is 13.8 Å². The average Bonchev–Trinajstić information content (AvgIpc) is 2.43. The van der Waals surface area contributed by atoms with E-state index in [9.17, 15) is 9.59 Å². The molecular formula is C19H38O4Si2. The molecule has 6 heteroatoms. The Labute approximate surface area is 156 Å². The fourth-order valence-corrected chi connectivity index (χ4v) is 4.67. The Kier molecular flexibility index (Phi) is 10.6. The quantitative estimate of drug-likeness (QED) is 0.214. The van der Waals surface area contributed by atoms with Crippen LogP contribution in [0.5, 0.6) is 0 Å². The van der Waals surface area contributed by atoms with Gasteiger partial charge in [0.2, 0.25) is 0 Å². The standard InChI is InChI=1S/C19H38O4Si2/c1-16(2)17(19(21)23-12-10-14-25(6,7)8)15-18(20)22-11-9-13-24(3,4)5/h15-16H,9-14H2,1-8H3/b17-15+. The van der Waals surface area contributed by atoms with Gasteiger partial charge in [-0.25, -0.2) is 9.59 Å². The van der Waals surface area contributed by atoms with Crippen molar-refractivity contribution in [2.75, 3.05) is 13.2 Å². The summed E-state index contributed by atoms with van der Waals surface area (Å²) < 4.78 is 10.6. The van der Waals surface area contributed by atoms with E-state index in [-0.39, 0.29) is 5.92 Å². The van der Waals surface area contributed by atoms with E-state index in [1.54, 1.807) is 0 Å². The van der Waals surface area contributed by atoms with Crippen LogP contribution in [0, 0.1) is 5.92 Å². The van der Waals surface area contributed by atoms with Crippen molar-refractivity contribution in [3.63, 3.8) is 0 Å². The van der Waals surface area contributed by atoms with Gasteiger partial charge in [0.05, 0.1) is 13.2 Å². The zero-order chi connectivity index (χ0) is 19.7. The summed E-state index contributed by atoms with van der Waals surface area (Å²) in [4.78, 5) is 24.2. The van der Waals surface area contributed by atoms with E-state index < -0.39 is 28.1 Å². The fourth-order valence-electron chi connectivity index (χ4n) is 2.26. The summed E-state index contributed by atoms with van der Waals surface area (Å²) in [5.74, 6) is -0.915. The summed E-state index contributed by atoms with van der Waals surface area (Å²) in [7, 11) is -2.22. The Morgan fingerprint density at radius 1 is 0.840 bits per heavy atom. The molecule has 0 fully saturated rings. The normalized spacial score (nSPS) is 13.1. The van der Waals surface area contributed by atoms with Crippen molar-refractivity contribution >= 4 is 28.1 Å². The molecule has 0 rings (SSSR count). The zero-order valence-electron chi connectivity index (χ0n) is 17.5. The van der Waals surface area contributed by atoms with Gasteiger partial charge in [-0.2, -0.15) is 0 Å². The van der Waals surface area contributed by atoms with E-state index in [0.29, 0.717) is 18.8 Å². The highest BCUT2D eigenvalue weighted by Gasteiger charge is 2.19. The number of hydrogen-bond acceptors (Lipinski definition) is 4. The second kappa shape index (κ2) is 11.0. The lowest BCUT2D eigenvalue weighted by atomic mass is 10.0. The summed E-state index contributed by atoms with van der Waals surface area (Å²) in [5.41, 5.74) is 0.392. The van der Waals surface area contributed by atoms with Gasteiger partial charge in [0.1, 0.15) is 0 Å². The predicted octanol–water partition coefficient (Wildman–Crippen LogP) is 5.11. The molecule has 0 amide bonds. The summed E-state index contributed by atoms with van der Waals surface area (Å²) in [6.07, 6.45) is 3.07. The Balaban J connectivity index is 4.43. The number of carbonyl (C=O) groups is 2. The van der Waals surface area contributed by atoms with E-state index in [2.05, 4.69) is 39.3 Å². The molecule has 0 saturated carbocycles. The molecule has 0 saturated heterocycles. The van der Waals surface area contributed by atoms with Crippen molar-refractivity contribution in [2.24, 2.45) is 5.92 Å². The van der Waals surface area contributed by atoms with Crippen molar-refractivity contribution in [2.45, 2.75) is 78.1 Å². The van der Waals surface area contributed by atoms with Gasteiger partial charge < -0.3 is 9.47 Å². The maximum Gasteiger partial charge on any atom is 0.334 e. The lowest BCUT2D eigenvalue weighted by molar-refractivity contribution is -0.141. The minimum absolute atomic E-state index is 0.0703. The van der Waals surface area contributed by atoms with E-state index in [4.69, 9.17) is 9.47 Å². The predicted molar refractivity (Wildman–Crippen MR) is 110 cm³/mol. The van der Waals surface area contributed by atoms with Crippen molar-refractivity contribution in [1.29, 1.82) is 0 Å². The smallest absolute Gasteiger partial charge is 0.334 e. The second-order valence-corrected chi connectivity index (χ2v) is 20.6. The van der Waals surface area contributed by atoms with Crippen molar-refractivity contribution < 1.29 is 19.1 Å². The van der Waals surface area contributed by atoms with Gasteiger partial charge in [-0.1, -0.05) is 65.2 Å². The first-order chi connectivity index (χ1) is 11.3. The molecule has 0 spiro atoms. The molecule has 4 nitrogen and oxygen atoms in total. The van der Waals surface area contributed by atoms with Crippen LogP contribution < -0.4 is 0 Å². The van der Waals surface area contributed by atoms with Crippen molar-refractivity contribution in [3.8, 4) is 0 Å². The number of esters is 2. The summed E-state index contributed by atoms with van der Waals surface area (Å²) in [6.45, 7) is 18.4. The molecular weight excluding hydrogens is 348 g/mol. The minimum atomic E-state index is -1.11. The van der Waals surface area contributed by atoms with Crippen LogP contribution in [0.25, 0.3) is 0 Å². The first-order valence-corrected chi connectivity index (χ1v) is 16.8. The van der Waals surface area contributed by atoms with Crippen molar-refractivity contribution in [1.82, 2.24) is 0 Å². The fraction of sp³-hybridized carbons (Fsp3) is 0.789. The van der Waals surface area contributed by atoms with Gasteiger partial charge in [-0.05, 0) is 18.8 Å². The highest BCUT2D eigenvalue weighted by molar-refractivity contribution is 6.76. The van der Waals surface area contributed by atoms with Gasteiger partial charge in [-0.15, -0.1) is 0 Å². The van der Waals surface area contributed by atoms with Crippen LogP contribution in [0.1, 0.15) is 26.7 Å². The molecule has 0 N–H and O–H groups in total. The van der Waals surface area contributed by atoms with Crippen LogP contribution in [0.3, 0.4) is 0 Å². The zero-order valence-corrected chi connectivity index (χ0v) is 19.5. The lowest BCUT2D eigenvalue weighted by Gasteiger charge is -2.16. The molecule has 0 aliphatic rings. The Morgan fingerprint density at radius 3 is 1.68 bits per heavy atom. The van der Waals surface area contributed by atoms with Crippen LogP contribution in [0.15, 0.2) is 11.6 Å². The largest absolute Gasteiger partial charge is 0.463 e. The van der Waals surface area contributed by atoms with Gasteiger partial charge >= 0.3 is 11.9 Å². The molecule has 0 aromatic rings. The Morgan fingerprint density at radius 2 is 1.28 bits per heavy atom. The topological polar surface area (TPSA) is 52.6 Å². The van der Waals surface area contributed by atoms with Crippen LogP contribution in [0.2, 0.25) is 51.4 Å². The first kappa shape index (κ1) is 24.1. The maximum absolute atomic E-state index is 12.2. The van der Waals surface area contributed by atoms with Gasteiger partial charge in [0, 0.05) is 27.8 Å². The SMILES string of the molecule is CC(C)/C(=C\C(=O)OCCC[Si](C)(C)C)C(=O)OCCC[Si](C)(C)C. The highest BCUT2D eigenvalue weighted by atomic mass is 28.3. The molecule has 25 heavy (non-hydrogen) atoms. The van der Waals surface area contributed by atoms with Crippen molar-refractivity contribution in [3.05, 3.63) is 11.6 Å². The summed E-state index contributed by atoms with van der Waals surface area (Å²) >= 11 is 0. The lowest BCUT2D eigenvalue weighted by Crippen LogP contribution is -2.21. The molecule has 0 unspecified atom stereocenters. The third kappa shape index (κ3) is 14.0. The Bertz CT molecular complexity index is 457. The van der Waals surface area contributed by atoms with Gasteiger partial charge in [-0.3, -0.25) is 0 Å². The third-order valence-electron chi connectivity index (χ3n) is 3.75. The van der Waals surface area contributed by atoms with Crippen LogP contribution in [-0.2, 0) is 19.1 Å². The van der Waals surface area contributed by atoms with E-state index in [1.165, 1.54) is 6.08 Å². The van der Waals surface area contributed by atoms with Gasteiger partial charge in [0.15, 0.2) is 0 Å². The molecule has 0 bridgehead atoms. The molecule has 146 valence electrons.